The highest BCUT2D eigenvalue weighted by Crippen LogP contribution is 2.48. The molecule has 3 aliphatic rings. The summed E-state index contributed by atoms with van der Waals surface area (Å²) in [6.45, 7) is 8.75. The van der Waals surface area contributed by atoms with Gasteiger partial charge in [-0.2, -0.15) is 0 Å². The SMILES string of the molecule is CCNC(=NCC1(c2cccc(Cl)c2)CC1)N1CCC(N2CCCC2)C1.I. The third kappa shape index (κ3) is 4.91. The van der Waals surface area contributed by atoms with Crippen molar-refractivity contribution in [2.24, 2.45) is 4.99 Å². The second-order valence-corrected chi connectivity index (χ2v) is 8.53. The molecule has 3 fully saturated rings. The van der Waals surface area contributed by atoms with E-state index in [2.05, 4.69) is 40.2 Å². The number of nitrogens with one attached hydrogen (secondary N) is 1. The summed E-state index contributed by atoms with van der Waals surface area (Å²) in [6, 6.07) is 9.06. The van der Waals surface area contributed by atoms with Crippen LogP contribution in [-0.4, -0.2) is 61.1 Å². The number of hydrogen-bond acceptors (Lipinski definition) is 2. The van der Waals surface area contributed by atoms with Gasteiger partial charge in [-0.3, -0.25) is 9.89 Å². The van der Waals surface area contributed by atoms with Crippen molar-refractivity contribution < 1.29 is 0 Å². The summed E-state index contributed by atoms with van der Waals surface area (Å²) in [5, 5.41) is 4.36. The van der Waals surface area contributed by atoms with Crippen molar-refractivity contribution in [2.75, 3.05) is 39.3 Å². The molecular formula is C21H32ClIN4. The minimum Gasteiger partial charge on any atom is -0.357 e. The first-order chi connectivity index (χ1) is 12.7. The lowest BCUT2D eigenvalue weighted by Crippen LogP contribution is -2.43. The molecule has 1 aromatic carbocycles. The number of halogens is 2. The molecule has 27 heavy (non-hydrogen) atoms. The highest BCUT2D eigenvalue weighted by molar-refractivity contribution is 14.0. The smallest absolute Gasteiger partial charge is 0.193 e. The zero-order chi connectivity index (χ0) is 18.0. The van der Waals surface area contributed by atoms with Gasteiger partial charge in [0.05, 0.1) is 6.54 Å². The van der Waals surface area contributed by atoms with E-state index in [9.17, 15) is 0 Å². The Morgan fingerprint density at radius 1 is 1.26 bits per heavy atom. The normalized spacial score (nSPS) is 24.7. The van der Waals surface area contributed by atoms with E-state index in [1.165, 1.54) is 50.8 Å². The van der Waals surface area contributed by atoms with Gasteiger partial charge >= 0.3 is 0 Å². The fourth-order valence-corrected chi connectivity index (χ4v) is 4.69. The maximum Gasteiger partial charge on any atom is 0.193 e. The quantitative estimate of drug-likeness (QED) is 0.373. The van der Waals surface area contributed by atoms with Gasteiger partial charge in [0.2, 0.25) is 0 Å². The van der Waals surface area contributed by atoms with Gasteiger partial charge in [-0.1, -0.05) is 23.7 Å². The zero-order valence-corrected chi connectivity index (χ0v) is 19.4. The molecule has 4 nitrogen and oxygen atoms in total. The second-order valence-electron chi connectivity index (χ2n) is 8.09. The van der Waals surface area contributed by atoms with E-state index in [0.29, 0.717) is 6.04 Å². The lowest BCUT2D eigenvalue weighted by atomic mass is 9.96. The standard InChI is InChI=1S/C21H31ClN4.HI/c1-2-23-20(26-13-8-19(15-26)25-11-3-4-12-25)24-16-21(9-10-21)17-6-5-7-18(22)14-17;/h5-7,14,19H,2-4,8-13,15-16H2,1H3,(H,23,24);1H. The summed E-state index contributed by atoms with van der Waals surface area (Å²) < 4.78 is 0. The molecule has 6 heteroatoms. The van der Waals surface area contributed by atoms with Crippen molar-refractivity contribution in [2.45, 2.75) is 50.5 Å². The molecule has 4 rings (SSSR count). The highest BCUT2D eigenvalue weighted by atomic mass is 127. The van der Waals surface area contributed by atoms with E-state index in [4.69, 9.17) is 16.6 Å². The fraction of sp³-hybridized carbons (Fsp3) is 0.667. The summed E-state index contributed by atoms with van der Waals surface area (Å²) >= 11 is 6.21. The number of rotatable bonds is 5. The van der Waals surface area contributed by atoms with Crippen LogP contribution in [0, 0.1) is 0 Å². The third-order valence-corrected chi connectivity index (χ3v) is 6.51. The Morgan fingerprint density at radius 3 is 2.70 bits per heavy atom. The van der Waals surface area contributed by atoms with E-state index in [1.54, 1.807) is 0 Å². The maximum absolute atomic E-state index is 6.21. The Morgan fingerprint density at radius 2 is 2.04 bits per heavy atom. The summed E-state index contributed by atoms with van der Waals surface area (Å²) in [5.74, 6) is 1.10. The third-order valence-electron chi connectivity index (χ3n) is 6.28. The van der Waals surface area contributed by atoms with Crippen molar-refractivity contribution in [3.63, 3.8) is 0 Å². The van der Waals surface area contributed by atoms with E-state index < -0.39 is 0 Å². The Balaban J connectivity index is 0.00000210. The highest BCUT2D eigenvalue weighted by Gasteiger charge is 2.44. The molecule has 1 N–H and O–H groups in total. The molecule has 150 valence electrons. The van der Waals surface area contributed by atoms with Crippen LogP contribution in [0.25, 0.3) is 0 Å². The van der Waals surface area contributed by atoms with Crippen molar-refractivity contribution in [3.05, 3.63) is 34.9 Å². The largest absolute Gasteiger partial charge is 0.357 e. The van der Waals surface area contributed by atoms with Gasteiger partial charge in [0.15, 0.2) is 5.96 Å². The molecule has 0 bridgehead atoms. The molecule has 2 heterocycles. The first-order valence-corrected chi connectivity index (χ1v) is 10.6. The molecule has 0 spiro atoms. The summed E-state index contributed by atoms with van der Waals surface area (Å²) in [7, 11) is 0. The Kier molecular flexibility index (Phi) is 7.31. The van der Waals surface area contributed by atoms with Crippen molar-refractivity contribution in [1.82, 2.24) is 15.1 Å². The summed E-state index contributed by atoms with van der Waals surface area (Å²) in [6.07, 6.45) is 6.43. The van der Waals surface area contributed by atoms with Crippen LogP contribution in [0.5, 0.6) is 0 Å². The molecule has 1 saturated carbocycles. The van der Waals surface area contributed by atoms with E-state index >= 15 is 0 Å². The molecule has 0 radical (unpaired) electrons. The molecule has 2 saturated heterocycles. The van der Waals surface area contributed by atoms with Crippen LogP contribution in [-0.2, 0) is 5.41 Å². The van der Waals surface area contributed by atoms with Crippen LogP contribution in [0.4, 0.5) is 0 Å². The molecule has 0 aromatic heterocycles. The predicted molar refractivity (Wildman–Crippen MR) is 125 cm³/mol. The molecule has 2 aliphatic heterocycles. The van der Waals surface area contributed by atoms with Gasteiger partial charge < -0.3 is 10.2 Å². The number of benzene rings is 1. The average Bonchev–Trinajstić information content (AvgIpc) is 3.04. The molecule has 1 atom stereocenters. The van der Waals surface area contributed by atoms with E-state index in [0.717, 1.165) is 37.2 Å². The van der Waals surface area contributed by atoms with Crippen molar-refractivity contribution >= 4 is 41.5 Å². The molecule has 0 amide bonds. The summed E-state index contributed by atoms with van der Waals surface area (Å²) in [5.41, 5.74) is 1.56. The zero-order valence-electron chi connectivity index (χ0n) is 16.3. The van der Waals surface area contributed by atoms with Crippen LogP contribution in [0.3, 0.4) is 0 Å². The number of likely N-dealkylation sites (tertiary alicyclic amines) is 2. The predicted octanol–water partition coefficient (Wildman–Crippen LogP) is 4.13. The van der Waals surface area contributed by atoms with Gasteiger partial charge in [0.25, 0.3) is 0 Å². The molecule has 1 aromatic rings. The van der Waals surface area contributed by atoms with Crippen LogP contribution in [0.1, 0.15) is 44.6 Å². The van der Waals surface area contributed by atoms with E-state index in [-0.39, 0.29) is 29.4 Å². The Labute approximate surface area is 185 Å². The van der Waals surface area contributed by atoms with Crippen LogP contribution >= 0.6 is 35.6 Å². The summed E-state index contributed by atoms with van der Waals surface area (Å²) in [4.78, 5) is 10.2. The maximum atomic E-state index is 6.21. The number of aliphatic imine (C=N–C) groups is 1. The lowest BCUT2D eigenvalue weighted by Gasteiger charge is -2.26. The van der Waals surface area contributed by atoms with Crippen LogP contribution in [0.15, 0.2) is 29.3 Å². The van der Waals surface area contributed by atoms with Crippen LogP contribution < -0.4 is 5.32 Å². The first-order valence-electron chi connectivity index (χ1n) is 10.2. The monoisotopic (exact) mass is 502 g/mol. The number of hydrogen-bond donors (Lipinski definition) is 1. The van der Waals surface area contributed by atoms with Gasteiger partial charge in [-0.15, -0.1) is 24.0 Å². The van der Waals surface area contributed by atoms with Crippen LogP contribution in [0.2, 0.25) is 5.02 Å². The molecular weight excluding hydrogens is 471 g/mol. The molecule has 1 unspecified atom stereocenters. The van der Waals surface area contributed by atoms with Gasteiger partial charge in [-0.05, 0) is 69.8 Å². The van der Waals surface area contributed by atoms with Crippen molar-refractivity contribution in [3.8, 4) is 0 Å². The molecule has 1 aliphatic carbocycles. The van der Waals surface area contributed by atoms with Gasteiger partial charge in [0, 0.05) is 36.1 Å². The number of guanidine groups is 1. The second kappa shape index (κ2) is 9.31. The van der Waals surface area contributed by atoms with Gasteiger partial charge in [0.1, 0.15) is 0 Å². The fourth-order valence-electron chi connectivity index (χ4n) is 4.50. The minimum atomic E-state index is 0. The Hall–Kier alpha value is -0.530. The average molecular weight is 503 g/mol. The number of nitrogens with zero attached hydrogens (tertiary/aromatic N) is 3. The topological polar surface area (TPSA) is 30.9 Å². The first kappa shape index (κ1) is 21.2. The minimum absolute atomic E-state index is 0. The van der Waals surface area contributed by atoms with Crippen molar-refractivity contribution in [1.29, 1.82) is 0 Å². The van der Waals surface area contributed by atoms with E-state index in [1.807, 2.05) is 6.07 Å². The lowest BCUT2D eigenvalue weighted by molar-refractivity contribution is 0.249. The Bertz CT molecular complexity index is 655. The van der Waals surface area contributed by atoms with Gasteiger partial charge in [-0.25, -0.2) is 0 Å².